The van der Waals surface area contributed by atoms with E-state index in [9.17, 15) is 17.6 Å². The number of nitrogens with zero attached hydrogens (tertiary/aromatic N) is 1. The van der Waals surface area contributed by atoms with Gasteiger partial charge in [0.2, 0.25) is 0 Å². The van der Waals surface area contributed by atoms with Gasteiger partial charge in [0, 0.05) is 5.56 Å². The fraction of sp³-hybridized carbons (Fsp3) is 0.0714. The van der Waals surface area contributed by atoms with Gasteiger partial charge in [-0.1, -0.05) is 18.2 Å². The molecule has 0 aromatic heterocycles. The highest BCUT2D eigenvalue weighted by Gasteiger charge is 2.34. The average Bonchev–Trinajstić information content (AvgIpc) is 2.36. The van der Waals surface area contributed by atoms with Gasteiger partial charge >= 0.3 is 6.18 Å². The molecular weight excluding hydrogens is 258 g/mol. The van der Waals surface area contributed by atoms with E-state index in [1.165, 1.54) is 18.2 Å². The van der Waals surface area contributed by atoms with E-state index in [1.807, 2.05) is 0 Å². The first-order valence-electron chi connectivity index (χ1n) is 5.29. The Balaban J connectivity index is 2.77. The van der Waals surface area contributed by atoms with Crippen molar-refractivity contribution >= 4 is 0 Å². The van der Waals surface area contributed by atoms with Crippen LogP contribution in [0.25, 0.3) is 11.1 Å². The third kappa shape index (κ3) is 2.58. The van der Waals surface area contributed by atoms with Crippen LogP contribution in [0.2, 0.25) is 0 Å². The summed E-state index contributed by atoms with van der Waals surface area (Å²) < 4.78 is 52.0. The summed E-state index contributed by atoms with van der Waals surface area (Å²) in [6, 6.07) is 9.76. The highest BCUT2D eigenvalue weighted by Crippen LogP contribution is 2.38. The molecule has 96 valence electrons. The van der Waals surface area contributed by atoms with E-state index in [-0.39, 0.29) is 16.7 Å². The van der Waals surface area contributed by atoms with Crippen LogP contribution in [0, 0.1) is 17.1 Å². The SMILES string of the molecule is N#Cc1cccc(C(F)(F)F)c1-c1cccc(F)c1. The Morgan fingerprint density at radius 1 is 1.00 bits per heavy atom. The minimum absolute atomic E-state index is 0.0319. The molecule has 0 bridgehead atoms. The standard InChI is InChI=1S/C14H7F4N/c15-11-5-1-3-9(7-11)13-10(8-19)4-2-6-12(13)14(16,17)18/h1-7H. The predicted octanol–water partition coefficient (Wildman–Crippen LogP) is 4.38. The van der Waals surface area contributed by atoms with Gasteiger partial charge in [0.1, 0.15) is 5.82 Å². The summed E-state index contributed by atoms with van der Waals surface area (Å²) in [5.74, 6) is -0.654. The largest absolute Gasteiger partial charge is 0.417 e. The Bertz CT molecular complexity index is 653. The van der Waals surface area contributed by atoms with Crippen molar-refractivity contribution in [1.29, 1.82) is 5.26 Å². The van der Waals surface area contributed by atoms with E-state index in [0.717, 1.165) is 24.3 Å². The molecule has 1 nitrogen and oxygen atoms in total. The van der Waals surface area contributed by atoms with Crippen molar-refractivity contribution in [2.75, 3.05) is 0 Å². The Morgan fingerprint density at radius 2 is 1.68 bits per heavy atom. The molecule has 19 heavy (non-hydrogen) atoms. The first kappa shape index (κ1) is 13.1. The zero-order chi connectivity index (χ0) is 14.0. The zero-order valence-corrected chi connectivity index (χ0v) is 9.50. The van der Waals surface area contributed by atoms with Crippen LogP contribution in [0.4, 0.5) is 17.6 Å². The molecule has 0 aliphatic heterocycles. The lowest BCUT2D eigenvalue weighted by Gasteiger charge is -2.14. The van der Waals surface area contributed by atoms with Gasteiger partial charge in [-0.2, -0.15) is 18.4 Å². The molecule has 0 atom stereocenters. The second kappa shape index (κ2) is 4.73. The van der Waals surface area contributed by atoms with E-state index in [2.05, 4.69) is 0 Å². The summed E-state index contributed by atoms with van der Waals surface area (Å²) >= 11 is 0. The summed E-state index contributed by atoms with van der Waals surface area (Å²) in [5.41, 5.74) is -1.35. The highest BCUT2D eigenvalue weighted by atomic mass is 19.4. The molecule has 0 spiro atoms. The van der Waals surface area contributed by atoms with Crippen molar-refractivity contribution in [3.8, 4) is 17.2 Å². The quantitative estimate of drug-likeness (QED) is 0.702. The number of alkyl halides is 3. The monoisotopic (exact) mass is 265 g/mol. The van der Waals surface area contributed by atoms with Crippen LogP contribution in [0.5, 0.6) is 0 Å². The molecule has 0 heterocycles. The van der Waals surface area contributed by atoms with Crippen molar-refractivity contribution in [2.24, 2.45) is 0 Å². The van der Waals surface area contributed by atoms with Gasteiger partial charge in [0.05, 0.1) is 17.2 Å². The van der Waals surface area contributed by atoms with E-state index < -0.39 is 17.6 Å². The second-order valence-corrected chi connectivity index (χ2v) is 3.85. The second-order valence-electron chi connectivity index (χ2n) is 3.85. The lowest BCUT2D eigenvalue weighted by molar-refractivity contribution is -0.137. The van der Waals surface area contributed by atoms with Crippen molar-refractivity contribution in [2.45, 2.75) is 6.18 Å². The van der Waals surface area contributed by atoms with Gasteiger partial charge in [0.25, 0.3) is 0 Å². The summed E-state index contributed by atoms with van der Waals surface area (Å²) in [6.45, 7) is 0. The van der Waals surface area contributed by atoms with Crippen molar-refractivity contribution in [3.05, 3.63) is 59.4 Å². The minimum Gasteiger partial charge on any atom is -0.207 e. The molecular formula is C14H7F4N. The van der Waals surface area contributed by atoms with Crippen LogP contribution < -0.4 is 0 Å². The Morgan fingerprint density at radius 3 is 2.26 bits per heavy atom. The lowest BCUT2D eigenvalue weighted by atomic mass is 9.94. The number of hydrogen-bond donors (Lipinski definition) is 0. The molecule has 0 N–H and O–H groups in total. The fourth-order valence-corrected chi connectivity index (χ4v) is 1.84. The van der Waals surface area contributed by atoms with Crippen LogP contribution in [-0.4, -0.2) is 0 Å². The van der Waals surface area contributed by atoms with Gasteiger partial charge in [-0.3, -0.25) is 0 Å². The maximum atomic E-state index is 13.2. The Labute approximate surface area is 106 Å². The van der Waals surface area contributed by atoms with Gasteiger partial charge in [-0.05, 0) is 29.8 Å². The van der Waals surface area contributed by atoms with E-state index in [4.69, 9.17) is 5.26 Å². The normalized spacial score (nSPS) is 11.1. The lowest BCUT2D eigenvalue weighted by Crippen LogP contribution is -2.08. The van der Waals surface area contributed by atoms with E-state index in [1.54, 1.807) is 6.07 Å². The minimum atomic E-state index is -4.60. The Hall–Kier alpha value is -2.35. The molecule has 2 aromatic rings. The fourth-order valence-electron chi connectivity index (χ4n) is 1.84. The van der Waals surface area contributed by atoms with E-state index in [0.29, 0.717) is 0 Å². The average molecular weight is 265 g/mol. The number of hydrogen-bond acceptors (Lipinski definition) is 1. The molecule has 2 aromatic carbocycles. The molecule has 0 aliphatic carbocycles. The molecule has 0 saturated heterocycles. The molecule has 0 radical (unpaired) electrons. The van der Waals surface area contributed by atoms with Crippen molar-refractivity contribution in [1.82, 2.24) is 0 Å². The molecule has 2 rings (SSSR count). The number of halogens is 4. The van der Waals surface area contributed by atoms with Crippen molar-refractivity contribution in [3.63, 3.8) is 0 Å². The summed E-state index contributed by atoms with van der Waals surface area (Å²) in [7, 11) is 0. The maximum absolute atomic E-state index is 13.2. The highest BCUT2D eigenvalue weighted by molar-refractivity contribution is 5.74. The first-order chi connectivity index (χ1) is 8.93. The van der Waals surface area contributed by atoms with Gasteiger partial charge < -0.3 is 0 Å². The van der Waals surface area contributed by atoms with Gasteiger partial charge in [-0.15, -0.1) is 0 Å². The Kier molecular flexibility index (Phi) is 3.26. The van der Waals surface area contributed by atoms with Crippen LogP contribution >= 0.6 is 0 Å². The summed E-state index contributed by atoms with van der Waals surface area (Å²) in [4.78, 5) is 0. The molecule has 0 unspecified atom stereocenters. The van der Waals surface area contributed by atoms with Crippen LogP contribution in [0.15, 0.2) is 42.5 Å². The topological polar surface area (TPSA) is 23.8 Å². The maximum Gasteiger partial charge on any atom is 0.417 e. The zero-order valence-electron chi connectivity index (χ0n) is 9.50. The van der Waals surface area contributed by atoms with Crippen molar-refractivity contribution < 1.29 is 17.6 Å². The smallest absolute Gasteiger partial charge is 0.207 e. The molecule has 0 amide bonds. The van der Waals surface area contributed by atoms with E-state index >= 15 is 0 Å². The summed E-state index contributed by atoms with van der Waals surface area (Å²) in [6.07, 6.45) is -4.60. The van der Waals surface area contributed by atoms with Crippen LogP contribution in [0.3, 0.4) is 0 Å². The number of benzene rings is 2. The van der Waals surface area contributed by atoms with Gasteiger partial charge in [0.15, 0.2) is 0 Å². The number of nitriles is 1. The molecule has 0 fully saturated rings. The van der Waals surface area contributed by atoms with Gasteiger partial charge in [-0.25, -0.2) is 4.39 Å². The van der Waals surface area contributed by atoms with Crippen LogP contribution in [0.1, 0.15) is 11.1 Å². The molecule has 0 saturated carbocycles. The molecule has 5 heteroatoms. The molecule has 0 aliphatic rings. The third-order valence-corrected chi connectivity index (χ3v) is 2.60. The summed E-state index contributed by atoms with van der Waals surface area (Å²) in [5, 5.41) is 8.93. The third-order valence-electron chi connectivity index (χ3n) is 2.60. The predicted molar refractivity (Wildman–Crippen MR) is 61.6 cm³/mol. The number of rotatable bonds is 1. The van der Waals surface area contributed by atoms with Crippen LogP contribution in [-0.2, 0) is 6.18 Å². The first-order valence-corrected chi connectivity index (χ1v) is 5.29.